The fourth-order valence-electron chi connectivity index (χ4n) is 2.22. The molecule has 0 amide bonds. The lowest BCUT2D eigenvalue weighted by molar-refractivity contribution is 0.322. The molecule has 3 nitrogen and oxygen atoms in total. The third kappa shape index (κ3) is 3.75. The molecule has 0 bridgehead atoms. The predicted molar refractivity (Wildman–Crippen MR) is 84.3 cm³/mol. The van der Waals surface area contributed by atoms with E-state index < -0.39 is 0 Å². The molecule has 0 spiro atoms. The molecule has 0 radical (unpaired) electrons. The quantitative estimate of drug-likeness (QED) is 0.829. The monoisotopic (exact) mass is 321 g/mol. The number of hydrogen-bond acceptors (Lipinski definition) is 3. The highest BCUT2D eigenvalue weighted by Crippen LogP contribution is 2.25. The molecule has 2 rings (SSSR count). The van der Waals surface area contributed by atoms with E-state index in [0.717, 1.165) is 36.0 Å². The van der Waals surface area contributed by atoms with Crippen LogP contribution in [0.4, 0.5) is 0 Å². The summed E-state index contributed by atoms with van der Waals surface area (Å²) in [5, 5.41) is 4.36. The summed E-state index contributed by atoms with van der Waals surface area (Å²) < 4.78 is 1.11. The van der Waals surface area contributed by atoms with Crippen LogP contribution in [0.15, 0.2) is 34.9 Å². The normalized spacial score (nSPS) is 11.4. The van der Waals surface area contributed by atoms with Gasteiger partial charge in [-0.15, -0.1) is 0 Å². The molecule has 2 aromatic rings. The molecule has 19 heavy (non-hydrogen) atoms. The van der Waals surface area contributed by atoms with Crippen LogP contribution in [0.25, 0.3) is 10.9 Å². The molecule has 1 aromatic heterocycles. The topological polar surface area (TPSA) is 28.2 Å². The summed E-state index contributed by atoms with van der Waals surface area (Å²) in [6.07, 6.45) is 3.02. The molecule has 1 heterocycles. The van der Waals surface area contributed by atoms with Crippen LogP contribution < -0.4 is 5.32 Å². The molecule has 4 heteroatoms. The lowest BCUT2D eigenvalue weighted by Crippen LogP contribution is -2.22. The molecular formula is C15H20BrN3. The molecular weight excluding hydrogens is 302 g/mol. The van der Waals surface area contributed by atoms with Crippen LogP contribution in [0.3, 0.4) is 0 Å². The number of hydrogen-bond donors (Lipinski definition) is 1. The highest BCUT2D eigenvalue weighted by molar-refractivity contribution is 9.10. The van der Waals surface area contributed by atoms with E-state index in [0.29, 0.717) is 0 Å². The van der Waals surface area contributed by atoms with Crippen molar-refractivity contribution in [1.82, 2.24) is 15.2 Å². The Labute approximate surface area is 123 Å². The van der Waals surface area contributed by atoms with Crippen molar-refractivity contribution < 1.29 is 0 Å². The van der Waals surface area contributed by atoms with Crippen molar-refractivity contribution in [1.29, 1.82) is 0 Å². The Morgan fingerprint density at radius 1 is 1.32 bits per heavy atom. The minimum atomic E-state index is 0.935. The number of pyridine rings is 1. The van der Waals surface area contributed by atoms with Gasteiger partial charge in [0, 0.05) is 22.6 Å². The van der Waals surface area contributed by atoms with Crippen LogP contribution in [-0.2, 0) is 6.54 Å². The standard InChI is InChI=1S/C15H20BrN3/c1-17-8-4-10-19(2)11-12-6-7-14(16)13-5-3-9-18-15(12)13/h3,5-7,9,17H,4,8,10-11H2,1-2H3. The van der Waals surface area contributed by atoms with Crippen LogP contribution in [0.1, 0.15) is 12.0 Å². The molecule has 1 N–H and O–H groups in total. The predicted octanol–water partition coefficient (Wildman–Crippen LogP) is 3.04. The van der Waals surface area contributed by atoms with Crippen LogP contribution in [0, 0.1) is 0 Å². The molecule has 0 unspecified atom stereocenters. The van der Waals surface area contributed by atoms with Crippen LogP contribution in [0.2, 0.25) is 0 Å². The lowest BCUT2D eigenvalue weighted by Gasteiger charge is -2.17. The van der Waals surface area contributed by atoms with Crippen LogP contribution >= 0.6 is 15.9 Å². The van der Waals surface area contributed by atoms with Gasteiger partial charge in [-0.05, 0) is 51.3 Å². The fraction of sp³-hybridized carbons (Fsp3) is 0.400. The second-order valence-electron chi connectivity index (χ2n) is 4.80. The average molecular weight is 322 g/mol. The van der Waals surface area contributed by atoms with E-state index in [1.165, 1.54) is 10.9 Å². The van der Waals surface area contributed by atoms with Gasteiger partial charge in [0.2, 0.25) is 0 Å². The number of nitrogens with one attached hydrogen (secondary N) is 1. The average Bonchev–Trinajstić information content (AvgIpc) is 2.43. The summed E-state index contributed by atoms with van der Waals surface area (Å²) >= 11 is 3.59. The molecule has 0 aliphatic heterocycles. The van der Waals surface area contributed by atoms with Gasteiger partial charge in [-0.2, -0.15) is 0 Å². The van der Waals surface area contributed by atoms with Gasteiger partial charge < -0.3 is 10.2 Å². The molecule has 0 saturated carbocycles. The molecule has 0 aliphatic rings. The van der Waals surface area contributed by atoms with E-state index in [-0.39, 0.29) is 0 Å². The van der Waals surface area contributed by atoms with Crippen molar-refractivity contribution >= 4 is 26.8 Å². The summed E-state index contributed by atoms with van der Waals surface area (Å²) in [6.45, 7) is 3.08. The fourth-order valence-corrected chi connectivity index (χ4v) is 2.67. The summed E-state index contributed by atoms with van der Waals surface area (Å²) in [5.74, 6) is 0. The molecule has 0 saturated heterocycles. The van der Waals surface area contributed by atoms with Crippen molar-refractivity contribution in [3.05, 3.63) is 40.5 Å². The SMILES string of the molecule is CNCCCN(C)Cc1ccc(Br)c2cccnc12. The van der Waals surface area contributed by atoms with Gasteiger partial charge >= 0.3 is 0 Å². The van der Waals surface area contributed by atoms with E-state index in [4.69, 9.17) is 0 Å². The lowest BCUT2D eigenvalue weighted by atomic mass is 10.1. The Hall–Kier alpha value is -0.970. The molecule has 0 fully saturated rings. The van der Waals surface area contributed by atoms with Crippen molar-refractivity contribution in [2.24, 2.45) is 0 Å². The van der Waals surface area contributed by atoms with Gasteiger partial charge in [0.25, 0.3) is 0 Å². The summed E-state index contributed by atoms with van der Waals surface area (Å²) in [6, 6.07) is 8.36. The highest BCUT2D eigenvalue weighted by Gasteiger charge is 2.07. The minimum Gasteiger partial charge on any atom is -0.320 e. The Kier molecular flexibility index (Phi) is 5.31. The van der Waals surface area contributed by atoms with Crippen molar-refractivity contribution in [2.75, 3.05) is 27.2 Å². The van der Waals surface area contributed by atoms with E-state index in [1.54, 1.807) is 0 Å². The van der Waals surface area contributed by atoms with Crippen molar-refractivity contribution in [2.45, 2.75) is 13.0 Å². The van der Waals surface area contributed by atoms with Gasteiger partial charge in [-0.1, -0.05) is 28.1 Å². The zero-order chi connectivity index (χ0) is 13.7. The molecule has 0 aliphatic carbocycles. The molecule has 0 atom stereocenters. The largest absolute Gasteiger partial charge is 0.320 e. The number of rotatable bonds is 6. The Balaban J connectivity index is 2.14. The Morgan fingerprint density at radius 2 is 2.16 bits per heavy atom. The number of aromatic nitrogens is 1. The minimum absolute atomic E-state index is 0.935. The number of benzene rings is 1. The van der Waals surface area contributed by atoms with E-state index >= 15 is 0 Å². The first-order chi connectivity index (χ1) is 9.22. The van der Waals surface area contributed by atoms with E-state index in [2.05, 4.69) is 56.4 Å². The van der Waals surface area contributed by atoms with E-state index in [9.17, 15) is 0 Å². The van der Waals surface area contributed by atoms with Gasteiger partial charge in [0.1, 0.15) is 0 Å². The number of halogens is 1. The maximum absolute atomic E-state index is 4.52. The second kappa shape index (κ2) is 6.98. The van der Waals surface area contributed by atoms with E-state index in [1.807, 2.05) is 19.3 Å². The third-order valence-corrected chi connectivity index (χ3v) is 3.90. The Bertz CT molecular complexity index is 542. The van der Waals surface area contributed by atoms with Crippen LogP contribution in [0.5, 0.6) is 0 Å². The molecule has 1 aromatic carbocycles. The maximum atomic E-state index is 4.52. The maximum Gasteiger partial charge on any atom is 0.0758 e. The second-order valence-corrected chi connectivity index (χ2v) is 5.66. The first kappa shape index (κ1) is 14.4. The zero-order valence-corrected chi connectivity index (χ0v) is 13.1. The Morgan fingerprint density at radius 3 is 2.95 bits per heavy atom. The van der Waals surface area contributed by atoms with Gasteiger partial charge in [-0.3, -0.25) is 4.98 Å². The van der Waals surface area contributed by atoms with Gasteiger partial charge in [-0.25, -0.2) is 0 Å². The van der Waals surface area contributed by atoms with Crippen LogP contribution in [-0.4, -0.2) is 37.1 Å². The third-order valence-electron chi connectivity index (χ3n) is 3.21. The van der Waals surface area contributed by atoms with Crippen molar-refractivity contribution in [3.8, 4) is 0 Å². The summed E-state index contributed by atoms with van der Waals surface area (Å²) in [4.78, 5) is 6.86. The van der Waals surface area contributed by atoms with Crippen molar-refractivity contribution in [3.63, 3.8) is 0 Å². The number of nitrogens with zero attached hydrogens (tertiary/aromatic N) is 2. The summed E-state index contributed by atoms with van der Waals surface area (Å²) in [5.41, 5.74) is 2.38. The zero-order valence-electron chi connectivity index (χ0n) is 11.5. The first-order valence-electron chi connectivity index (χ1n) is 6.57. The smallest absolute Gasteiger partial charge is 0.0758 e. The molecule has 102 valence electrons. The highest BCUT2D eigenvalue weighted by atomic mass is 79.9. The first-order valence-corrected chi connectivity index (χ1v) is 7.37. The van der Waals surface area contributed by atoms with Gasteiger partial charge in [0.15, 0.2) is 0 Å². The number of fused-ring (bicyclic) bond motifs is 1. The summed E-state index contributed by atoms with van der Waals surface area (Å²) in [7, 11) is 4.15. The van der Waals surface area contributed by atoms with Gasteiger partial charge in [0.05, 0.1) is 5.52 Å².